The minimum absolute atomic E-state index is 0.00317. The number of halogens is 1. The molecular weight excluding hydrogens is 322 g/mol. The van der Waals surface area contributed by atoms with Gasteiger partial charge in [-0.2, -0.15) is 5.10 Å². The molecule has 1 N–H and O–H groups in total. The van der Waals surface area contributed by atoms with Crippen molar-refractivity contribution in [3.8, 4) is 5.69 Å². The fraction of sp³-hybridized carbons (Fsp3) is 0.158. The van der Waals surface area contributed by atoms with Crippen molar-refractivity contribution in [2.75, 3.05) is 6.54 Å². The van der Waals surface area contributed by atoms with Crippen LogP contribution >= 0.6 is 11.6 Å². The van der Waals surface area contributed by atoms with Crippen molar-refractivity contribution >= 4 is 17.5 Å². The summed E-state index contributed by atoms with van der Waals surface area (Å²) in [4.78, 5) is 12.0. The largest absolute Gasteiger partial charge is 0.355 e. The first kappa shape index (κ1) is 16.3. The third kappa shape index (κ3) is 4.46. The number of carbonyl (C=O) groups is 1. The van der Waals surface area contributed by atoms with Gasteiger partial charge in [0.15, 0.2) is 0 Å². The molecule has 24 heavy (non-hydrogen) atoms. The predicted octanol–water partition coefficient (Wildman–Crippen LogP) is 3.43. The van der Waals surface area contributed by atoms with E-state index in [4.69, 9.17) is 11.6 Å². The summed E-state index contributed by atoms with van der Waals surface area (Å²) < 4.78 is 1.77. The van der Waals surface area contributed by atoms with Crippen molar-refractivity contribution in [3.63, 3.8) is 0 Å². The third-order valence-electron chi connectivity index (χ3n) is 3.67. The van der Waals surface area contributed by atoms with Crippen molar-refractivity contribution in [3.05, 3.63) is 83.1 Å². The highest BCUT2D eigenvalue weighted by Gasteiger charge is 2.06. The van der Waals surface area contributed by atoms with Crippen molar-refractivity contribution in [2.24, 2.45) is 0 Å². The molecule has 122 valence electrons. The second-order valence-corrected chi connectivity index (χ2v) is 5.97. The van der Waals surface area contributed by atoms with E-state index in [0.717, 1.165) is 28.3 Å². The Morgan fingerprint density at radius 2 is 1.79 bits per heavy atom. The summed E-state index contributed by atoms with van der Waals surface area (Å²) in [5.74, 6) is -0.00317. The van der Waals surface area contributed by atoms with E-state index in [-0.39, 0.29) is 5.91 Å². The van der Waals surface area contributed by atoms with E-state index < -0.39 is 0 Å². The molecule has 1 amide bonds. The first-order chi connectivity index (χ1) is 11.7. The van der Waals surface area contributed by atoms with E-state index in [2.05, 4.69) is 10.4 Å². The van der Waals surface area contributed by atoms with Crippen LogP contribution in [0.5, 0.6) is 0 Å². The summed E-state index contributed by atoms with van der Waals surface area (Å²) >= 11 is 5.86. The van der Waals surface area contributed by atoms with Crippen LogP contribution in [-0.2, 0) is 17.6 Å². The van der Waals surface area contributed by atoms with Gasteiger partial charge in [-0.15, -0.1) is 0 Å². The van der Waals surface area contributed by atoms with Crippen LogP contribution in [-0.4, -0.2) is 22.2 Å². The average molecular weight is 340 g/mol. The highest BCUT2D eigenvalue weighted by molar-refractivity contribution is 6.30. The zero-order valence-corrected chi connectivity index (χ0v) is 13.9. The summed E-state index contributed by atoms with van der Waals surface area (Å²) in [6.07, 6.45) is 4.72. The maximum atomic E-state index is 12.0. The highest BCUT2D eigenvalue weighted by atomic mass is 35.5. The van der Waals surface area contributed by atoms with Gasteiger partial charge in [0.2, 0.25) is 5.91 Å². The molecule has 0 unspecified atom stereocenters. The summed E-state index contributed by atoms with van der Waals surface area (Å²) in [6, 6.07) is 17.5. The zero-order valence-electron chi connectivity index (χ0n) is 13.2. The first-order valence-corrected chi connectivity index (χ1v) is 8.18. The van der Waals surface area contributed by atoms with E-state index in [1.165, 1.54) is 0 Å². The van der Waals surface area contributed by atoms with Crippen LogP contribution in [0, 0.1) is 0 Å². The van der Waals surface area contributed by atoms with Gasteiger partial charge in [-0.25, -0.2) is 4.68 Å². The maximum absolute atomic E-state index is 12.0. The number of hydrogen-bond donors (Lipinski definition) is 1. The average Bonchev–Trinajstić information content (AvgIpc) is 3.06. The molecule has 0 saturated carbocycles. The van der Waals surface area contributed by atoms with Crippen molar-refractivity contribution < 1.29 is 4.79 Å². The summed E-state index contributed by atoms with van der Waals surface area (Å²) in [5, 5.41) is 7.95. The molecule has 0 saturated heterocycles. The smallest absolute Gasteiger partial charge is 0.224 e. The monoisotopic (exact) mass is 339 g/mol. The summed E-state index contributed by atoms with van der Waals surface area (Å²) in [5.41, 5.74) is 3.02. The SMILES string of the molecule is O=C(Cc1cnn(-c2ccccc2)c1)NCCc1ccc(Cl)cc1. The van der Waals surface area contributed by atoms with Crippen molar-refractivity contribution in [1.82, 2.24) is 15.1 Å². The number of amides is 1. The van der Waals surface area contributed by atoms with Crippen LogP contribution in [0.4, 0.5) is 0 Å². The lowest BCUT2D eigenvalue weighted by atomic mass is 10.1. The van der Waals surface area contributed by atoms with Crippen LogP contribution in [0.1, 0.15) is 11.1 Å². The van der Waals surface area contributed by atoms with Crippen LogP contribution in [0.25, 0.3) is 5.69 Å². The molecule has 4 nitrogen and oxygen atoms in total. The Kier molecular flexibility index (Phi) is 5.29. The van der Waals surface area contributed by atoms with Crippen LogP contribution in [0.15, 0.2) is 67.0 Å². The standard InChI is InChI=1S/C19H18ClN3O/c20-17-8-6-15(7-9-17)10-11-21-19(24)12-16-13-22-23(14-16)18-4-2-1-3-5-18/h1-9,13-14H,10-12H2,(H,21,24). The minimum Gasteiger partial charge on any atom is -0.355 e. The Hall–Kier alpha value is -2.59. The van der Waals surface area contributed by atoms with Crippen molar-refractivity contribution in [2.45, 2.75) is 12.8 Å². The van der Waals surface area contributed by atoms with Gasteiger partial charge in [0, 0.05) is 17.8 Å². The van der Waals surface area contributed by atoms with Crippen LogP contribution in [0.2, 0.25) is 5.02 Å². The third-order valence-corrected chi connectivity index (χ3v) is 3.92. The molecule has 0 fully saturated rings. The second kappa shape index (κ2) is 7.79. The first-order valence-electron chi connectivity index (χ1n) is 7.81. The molecule has 2 aromatic carbocycles. The van der Waals surface area contributed by atoms with Gasteiger partial charge in [-0.3, -0.25) is 4.79 Å². The zero-order chi connectivity index (χ0) is 16.8. The maximum Gasteiger partial charge on any atom is 0.224 e. The molecule has 3 rings (SSSR count). The molecule has 1 heterocycles. The van der Waals surface area contributed by atoms with Gasteiger partial charge < -0.3 is 5.32 Å². The lowest BCUT2D eigenvalue weighted by molar-refractivity contribution is -0.120. The molecule has 0 aliphatic carbocycles. The van der Waals surface area contributed by atoms with Gasteiger partial charge in [0.1, 0.15) is 0 Å². The number of hydrogen-bond acceptors (Lipinski definition) is 2. The quantitative estimate of drug-likeness (QED) is 0.748. The van der Waals surface area contributed by atoms with E-state index >= 15 is 0 Å². The van der Waals surface area contributed by atoms with E-state index in [1.54, 1.807) is 10.9 Å². The Morgan fingerprint density at radius 1 is 1.04 bits per heavy atom. The second-order valence-electron chi connectivity index (χ2n) is 5.53. The molecule has 0 bridgehead atoms. The lowest BCUT2D eigenvalue weighted by Gasteiger charge is -2.05. The molecule has 5 heteroatoms. The van der Waals surface area contributed by atoms with Gasteiger partial charge in [-0.05, 0) is 41.8 Å². The molecule has 1 aromatic heterocycles. The molecule has 3 aromatic rings. The normalized spacial score (nSPS) is 10.5. The molecule has 0 spiro atoms. The summed E-state index contributed by atoms with van der Waals surface area (Å²) in [7, 11) is 0. The Morgan fingerprint density at radius 3 is 2.54 bits per heavy atom. The molecule has 0 radical (unpaired) electrons. The molecular formula is C19H18ClN3O. The predicted molar refractivity (Wildman–Crippen MR) is 95.4 cm³/mol. The highest BCUT2D eigenvalue weighted by Crippen LogP contribution is 2.10. The van der Waals surface area contributed by atoms with E-state index in [9.17, 15) is 4.79 Å². The minimum atomic E-state index is -0.00317. The van der Waals surface area contributed by atoms with Gasteiger partial charge in [0.05, 0.1) is 18.3 Å². The number of para-hydroxylation sites is 1. The van der Waals surface area contributed by atoms with Crippen LogP contribution < -0.4 is 5.32 Å². The number of nitrogens with zero attached hydrogens (tertiary/aromatic N) is 2. The fourth-order valence-corrected chi connectivity index (χ4v) is 2.54. The van der Waals surface area contributed by atoms with E-state index in [1.807, 2.05) is 60.8 Å². The molecule has 0 aliphatic heterocycles. The number of rotatable bonds is 6. The Balaban J connectivity index is 1.48. The van der Waals surface area contributed by atoms with E-state index in [0.29, 0.717) is 13.0 Å². The number of nitrogens with one attached hydrogen (secondary N) is 1. The number of benzene rings is 2. The summed E-state index contributed by atoms with van der Waals surface area (Å²) in [6.45, 7) is 0.604. The molecule has 0 aliphatic rings. The molecule has 0 atom stereocenters. The fourth-order valence-electron chi connectivity index (χ4n) is 2.42. The lowest BCUT2D eigenvalue weighted by Crippen LogP contribution is -2.27. The Bertz CT molecular complexity index is 797. The number of carbonyl (C=O) groups excluding carboxylic acids is 1. The number of aromatic nitrogens is 2. The van der Waals surface area contributed by atoms with Crippen LogP contribution in [0.3, 0.4) is 0 Å². The van der Waals surface area contributed by atoms with Gasteiger partial charge in [-0.1, -0.05) is 41.9 Å². The van der Waals surface area contributed by atoms with Gasteiger partial charge >= 0.3 is 0 Å². The van der Waals surface area contributed by atoms with Gasteiger partial charge in [0.25, 0.3) is 0 Å². The topological polar surface area (TPSA) is 46.9 Å². The van der Waals surface area contributed by atoms with Crippen molar-refractivity contribution in [1.29, 1.82) is 0 Å². The Labute approximate surface area is 146 Å².